The van der Waals surface area contributed by atoms with Crippen molar-refractivity contribution in [1.82, 2.24) is 4.90 Å². The fourth-order valence-corrected chi connectivity index (χ4v) is 3.24. The highest BCUT2D eigenvalue weighted by molar-refractivity contribution is 5.94. The van der Waals surface area contributed by atoms with Crippen LogP contribution in [0.5, 0.6) is 0 Å². The maximum absolute atomic E-state index is 12.4. The van der Waals surface area contributed by atoms with E-state index in [1.165, 1.54) is 4.90 Å². The summed E-state index contributed by atoms with van der Waals surface area (Å²) in [5, 5.41) is 9.56. The zero-order chi connectivity index (χ0) is 17.8. The van der Waals surface area contributed by atoms with E-state index >= 15 is 0 Å². The molecule has 0 aromatic carbocycles. The number of hydrogen-bond acceptors (Lipinski definition) is 5. The lowest BCUT2D eigenvalue weighted by Gasteiger charge is -2.43. The summed E-state index contributed by atoms with van der Waals surface area (Å²) in [5.41, 5.74) is -3.70. The number of carboxylic acids is 1. The Balaban J connectivity index is 2.22. The molecule has 23 heavy (non-hydrogen) atoms. The monoisotopic (exact) mass is 327 g/mol. The Morgan fingerprint density at radius 1 is 0.957 bits per heavy atom. The van der Waals surface area contributed by atoms with Crippen molar-refractivity contribution >= 4 is 18.0 Å². The smallest absolute Gasteiger partial charge is 0.411 e. The van der Waals surface area contributed by atoms with E-state index in [9.17, 15) is 19.5 Å². The summed E-state index contributed by atoms with van der Waals surface area (Å²) in [4.78, 5) is 37.7. The van der Waals surface area contributed by atoms with Crippen molar-refractivity contribution in [1.29, 1.82) is 0 Å². The van der Waals surface area contributed by atoms with Crippen LogP contribution in [0.15, 0.2) is 0 Å². The molecule has 2 bridgehead atoms. The molecule has 2 aliphatic heterocycles. The first-order chi connectivity index (χ1) is 10.2. The van der Waals surface area contributed by atoms with Gasteiger partial charge in [-0.05, 0) is 54.4 Å². The normalized spacial score (nSPS) is 29.7. The second-order valence-corrected chi connectivity index (χ2v) is 8.54. The number of esters is 1. The molecule has 3 fully saturated rings. The summed E-state index contributed by atoms with van der Waals surface area (Å²) in [6.45, 7) is 10.4. The van der Waals surface area contributed by atoms with Gasteiger partial charge >= 0.3 is 18.0 Å². The fourth-order valence-electron chi connectivity index (χ4n) is 3.24. The number of aliphatic carboxylic acids is 1. The van der Waals surface area contributed by atoms with Crippen LogP contribution in [0.1, 0.15) is 54.4 Å². The van der Waals surface area contributed by atoms with Gasteiger partial charge in [0.15, 0.2) is 0 Å². The van der Waals surface area contributed by atoms with Crippen molar-refractivity contribution in [2.45, 2.75) is 71.1 Å². The van der Waals surface area contributed by atoms with Crippen LogP contribution in [-0.2, 0) is 19.1 Å². The topological polar surface area (TPSA) is 93.1 Å². The van der Waals surface area contributed by atoms with E-state index < -0.39 is 40.2 Å². The Morgan fingerprint density at radius 2 is 1.43 bits per heavy atom. The van der Waals surface area contributed by atoms with Crippen molar-refractivity contribution in [3.63, 3.8) is 0 Å². The molecule has 3 rings (SSSR count). The minimum absolute atomic E-state index is 0.0170. The van der Waals surface area contributed by atoms with Gasteiger partial charge in [-0.1, -0.05) is 0 Å². The predicted molar refractivity (Wildman–Crippen MR) is 80.8 cm³/mol. The zero-order valence-corrected chi connectivity index (χ0v) is 14.6. The molecule has 0 aromatic heterocycles. The van der Waals surface area contributed by atoms with Crippen molar-refractivity contribution in [3.8, 4) is 0 Å². The standard InChI is InChI=1S/C16H25NO6/c1-13(2,3)22-11(20)15-7-16(8-15,10(18)19)17(9-15)12(21)23-14(4,5)6/h7-9H2,1-6H3,(H,18,19). The van der Waals surface area contributed by atoms with Crippen LogP contribution < -0.4 is 0 Å². The Labute approximate surface area is 135 Å². The van der Waals surface area contributed by atoms with Gasteiger partial charge in [0.25, 0.3) is 0 Å². The number of amides is 1. The van der Waals surface area contributed by atoms with E-state index in [1.54, 1.807) is 41.5 Å². The van der Waals surface area contributed by atoms with Crippen molar-refractivity contribution in [2.75, 3.05) is 6.54 Å². The second-order valence-electron chi connectivity index (χ2n) is 8.54. The maximum Gasteiger partial charge on any atom is 0.411 e. The molecule has 3 aliphatic rings. The number of nitrogens with zero attached hydrogens (tertiary/aromatic N) is 1. The Hall–Kier alpha value is -1.79. The van der Waals surface area contributed by atoms with Gasteiger partial charge in [-0.3, -0.25) is 9.69 Å². The molecule has 7 nitrogen and oxygen atoms in total. The number of hydrogen-bond donors (Lipinski definition) is 1. The van der Waals surface area contributed by atoms with Gasteiger partial charge < -0.3 is 14.6 Å². The van der Waals surface area contributed by atoms with E-state index in [1.807, 2.05) is 0 Å². The van der Waals surface area contributed by atoms with E-state index in [-0.39, 0.29) is 19.4 Å². The first-order valence-electron chi connectivity index (χ1n) is 7.68. The highest BCUT2D eigenvalue weighted by Gasteiger charge is 2.75. The second kappa shape index (κ2) is 4.85. The molecule has 0 atom stereocenters. The first kappa shape index (κ1) is 17.6. The highest BCUT2D eigenvalue weighted by Crippen LogP contribution is 2.60. The van der Waals surface area contributed by atoms with Gasteiger partial charge in [-0.15, -0.1) is 0 Å². The van der Waals surface area contributed by atoms with Crippen LogP contribution in [0.25, 0.3) is 0 Å². The van der Waals surface area contributed by atoms with Crippen LogP contribution in [-0.4, -0.2) is 51.3 Å². The lowest BCUT2D eigenvalue weighted by Crippen LogP contribution is -2.59. The van der Waals surface area contributed by atoms with Gasteiger partial charge in [0.2, 0.25) is 0 Å². The lowest BCUT2D eigenvalue weighted by atomic mass is 9.62. The zero-order valence-electron chi connectivity index (χ0n) is 14.6. The van der Waals surface area contributed by atoms with Crippen molar-refractivity contribution < 1.29 is 29.0 Å². The molecular weight excluding hydrogens is 302 g/mol. The molecule has 130 valence electrons. The van der Waals surface area contributed by atoms with E-state index in [0.717, 1.165) is 0 Å². The van der Waals surface area contributed by atoms with Crippen LogP contribution >= 0.6 is 0 Å². The molecule has 0 unspecified atom stereocenters. The van der Waals surface area contributed by atoms with Crippen LogP contribution in [0.3, 0.4) is 0 Å². The van der Waals surface area contributed by atoms with Gasteiger partial charge in [-0.25, -0.2) is 9.59 Å². The van der Waals surface area contributed by atoms with E-state index in [4.69, 9.17) is 9.47 Å². The minimum Gasteiger partial charge on any atom is -0.479 e. The summed E-state index contributed by atoms with van der Waals surface area (Å²) in [5.74, 6) is -1.56. The third-order valence-electron chi connectivity index (χ3n) is 4.08. The summed E-state index contributed by atoms with van der Waals surface area (Å²) >= 11 is 0. The number of ether oxygens (including phenoxy) is 2. The minimum atomic E-state index is -1.36. The summed E-state index contributed by atoms with van der Waals surface area (Å²) in [6.07, 6.45) is -0.560. The molecule has 7 heteroatoms. The summed E-state index contributed by atoms with van der Waals surface area (Å²) in [7, 11) is 0. The van der Waals surface area contributed by atoms with Crippen molar-refractivity contribution in [2.24, 2.45) is 5.41 Å². The maximum atomic E-state index is 12.4. The highest BCUT2D eigenvalue weighted by atomic mass is 16.6. The molecule has 1 amide bonds. The first-order valence-corrected chi connectivity index (χ1v) is 7.68. The molecular formula is C16H25NO6. The quantitative estimate of drug-likeness (QED) is 0.781. The molecule has 0 radical (unpaired) electrons. The molecule has 0 spiro atoms. The van der Waals surface area contributed by atoms with Crippen LogP contribution in [0.2, 0.25) is 0 Å². The predicted octanol–water partition coefficient (Wildman–Crippen LogP) is 2.18. The third kappa shape index (κ3) is 3.01. The number of carbonyl (C=O) groups excluding carboxylic acids is 2. The number of fused-ring (bicyclic) bond motifs is 1. The SMILES string of the molecule is CC(C)(C)OC(=O)N1CC2(C(=O)OC(C)(C)C)CC1(C(=O)O)C2. The van der Waals surface area contributed by atoms with Crippen LogP contribution in [0, 0.1) is 5.41 Å². The third-order valence-corrected chi connectivity index (χ3v) is 4.08. The molecule has 0 aromatic rings. The number of carbonyl (C=O) groups is 3. The van der Waals surface area contributed by atoms with E-state index in [0.29, 0.717) is 0 Å². The average molecular weight is 327 g/mol. The van der Waals surface area contributed by atoms with Gasteiger partial charge in [0.1, 0.15) is 16.7 Å². The largest absolute Gasteiger partial charge is 0.479 e. The molecule has 2 heterocycles. The summed E-state index contributed by atoms with van der Waals surface area (Å²) < 4.78 is 10.7. The summed E-state index contributed by atoms with van der Waals surface area (Å²) in [6, 6.07) is 0. The van der Waals surface area contributed by atoms with Crippen molar-refractivity contribution in [3.05, 3.63) is 0 Å². The molecule has 1 N–H and O–H groups in total. The van der Waals surface area contributed by atoms with Gasteiger partial charge in [0.05, 0.1) is 5.41 Å². The number of carboxylic acid groups (broad SMARTS) is 1. The molecule has 2 saturated heterocycles. The Morgan fingerprint density at radius 3 is 1.83 bits per heavy atom. The average Bonchev–Trinajstić information content (AvgIpc) is 2.74. The molecule has 1 aliphatic carbocycles. The molecule has 1 saturated carbocycles. The number of rotatable bonds is 2. The van der Waals surface area contributed by atoms with Gasteiger partial charge in [-0.2, -0.15) is 0 Å². The Kier molecular flexibility index (Phi) is 3.70. The fraction of sp³-hybridized carbons (Fsp3) is 0.812. The van der Waals surface area contributed by atoms with E-state index in [2.05, 4.69) is 0 Å². The lowest BCUT2D eigenvalue weighted by molar-refractivity contribution is -0.175. The Bertz CT molecular complexity index is 548. The van der Waals surface area contributed by atoms with Crippen LogP contribution in [0.4, 0.5) is 4.79 Å². The van der Waals surface area contributed by atoms with Gasteiger partial charge in [0, 0.05) is 6.54 Å².